The second-order valence-corrected chi connectivity index (χ2v) is 4.07. The van der Waals surface area contributed by atoms with Gasteiger partial charge in [0.05, 0.1) is 18.4 Å². The highest BCUT2D eigenvalue weighted by atomic mass is 19.4. The van der Waals surface area contributed by atoms with Crippen LogP contribution >= 0.6 is 0 Å². The monoisotopic (exact) mass is 301 g/mol. The van der Waals surface area contributed by atoms with Gasteiger partial charge in [0.1, 0.15) is 5.57 Å². The average Bonchev–Trinajstić information content (AvgIpc) is 2.38. The number of benzene rings is 1. The molecule has 7 heteroatoms. The highest BCUT2D eigenvalue weighted by Crippen LogP contribution is 2.29. The highest BCUT2D eigenvalue weighted by Gasteiger charge is 2.30. The molecular formula is C14H14F3NO3. The normalized spacial score (nSPS) is 12.0. The fourth-order valence-electron chi connectivity index (χ4n) is 1.40. The molecule has 0 fully saturated rings. The summed E-state index contributed by atoms with van der Waals surface area (Å²) in [6, 6.07) is 3.91. The van der Waals surface area contributed by atoms with Crippen LogP contribution in [-0.2, 0) is 20.5 Å². The first-order valence-corrected chi connectivity index (χ1v) is 6.07. The number of nitrogens with one attached hydrogen (secondary N) is 1. The maximum Gasteiger partial charge on any atom is 0.416 e. The molecule has 0 saturated carbocycles. The van der Waals surface area contributed by atoms with Crippen LogP contribution < -0.4 is 5.32 Å². The average molecular weight is 301 g/mol. The SMILES string of the molecule is CCOC=C(C(C)=O)C(=O)Nc1ccc(C(F)(F)F)cc1. The van der Waals surface area contributed by atoms with E-state index >= 15 is 0 Å². The Morgan fingerprint density at radius 1 is 1.24 bits per heavy atom. The number of halogens is 3. The summed E-state index contributed by atoms with van der Waals surface area (Å²) in [6.45, 7) is 3.16. The maximum absolute atomic E-state index is 12.4. The predicted octanol–water partition coefficient (Wildman–Crippen LogP) is 3.15. The van der Waals surface area contributed by atoms with Crippen LogP contribution in [0.3, 0.4) is 0 Å². The highest BCUT2D eigenvalue weighted by molar-refractivity contribution is 6.22. The van der Waals surface area contributed by atoms with Crippen LogP contribution in [0.4, 0.5) is 18.9 Å². The fraction of sp³-hybridized carbons (Fsp3) is 0.286. The van der Waals surface area contributed by atoms with Crippen molar-refractivity contribution >= 4 is 17.4 Å². The first kappa shape index (κ1) is 16.7. The lowest BCUT2D eigenvalue weighted by atomic mass is 10.1. The van der Waals surface area contributed by atoms with Crippen LogP contribution in [0.5, 0.6) is 0 Å². The van der Waals surface area contributed by atoms with E-state index in [-0.39, 0.29) is 17.9 Å². The van der Waals surface area contributed by atoms with Gasteiger partial charge >= 0.3 is 6.18 Å². The number of carbonyl (C=O) groups is 2. The lowest BCUT2D eigenvalue weighted by molar-refractivity contribution is -0.137. The van der Waals surface area contributed by atoms with E-state index < -0.39 is 23.4 Å². The minimum Gasteiger partial charge on any atom is -0.501 e. The van der Waals surface area contributed by atoms with E-state index in [0.717, 1.165) is 30.5 Å². The molecule has 114 valence electrons. The second-order valence-electron chi connectivity index (χ2n) is 4.07. The summed E-state index contributed by atoms with van der Waals surface area (Å²) >= 11 is 0. The van der Waals surface area contributed by atoms with Crippen molar-refractivity contribution in [1.82, 2.24) is 0 Å². The minimum absolute atomic E-state index is 0.150. The Balaban J connectivity index is 2.85. The summed E-state index contributed by atoms with van der Waals surface area (Å²) in [4.78, 5) is 23.1. The van der Waals surface area contributed by atoms with Gasteiger partial charge < -0.3 is 10.1 Å². The zero-order valence-corrected chi connectivity index (χ0v) is 11.5. The standard InChI is InChI=1S/C14H14F3NO3/c1-3-21-8-12(9(2)19)13(20)18-11-6-4-10(5-7-11)14(15,16)17/h4-8H,3H2,1-2H3,(H,18,20). The lowest BCUT2D eigenvalue weighted by Gasteiger charge is -2.09. The van der Waals surface area contributed by atoms with Gasteiger partial charge in [0.2, 0.25) is 0 Å². The second kappa shape index (κ2) is 6.92. The van der Waals surface area contributed by atoms with Gasteiger partial charge in [-0.05, 0) is 38.1 Å². The van der Waals surface area contributed by atoms with Crippen molar-refractivity contribution < 1.29 is 27.5 Å². The number of hydrogen-bond acceptors (Lipinski definition) is 3. The van der Waals surface area contributed by atoms with Gasteiger partial charge in [0, 0.05) is 5.69 Å². The third-order valence-electron chi connectivity index (χ3n) is 2.46. The molecule has 1 amide bonds. The van der Waals surface area contributed by atoms with Crippen LogP contribution in [0.1, 0.15) is 19.4 Å². The Kier molecular flexibility index (Phi) is 5.52. The van der Waals surface area contributed by atoms with E-state index in [4.69, 9.17) is 4.74 Å². The van der Waals surface area contributed by atoms with Gasteiger partial charge in [-0.2, -0.15) is 13.2 Å². The molecule has 0 aliphatic rings. The molecule has 0 atom stereocenters. The summed E-state index contributed by atoms with van der Waals surface area (Å²) in [5.41, 5.74) is -0.884. The van der Waals surface area contributed by atoms with Gasteiger partial charge in [-0.25, -0.2) is 0 Å². The van der Waals surface area contributed by atoms with Gasteiger partial charge in [-0.1, -0.05) is 0 Å². The Morgan fingerprint density at radius 3 is 2.24 bits per heavy atom. The Bertz CT molecular complexity index is 548. The molecule has 0 heterocycles. The first-order valence-electron chi connectivity index (χ1n) is 6.07. The van der Waals surface area contributed by atoms with Crippen LogP contribution in [0.2, 0.25) is 0 Å². The molecule has 1 N–H and O–H groups in total. The van der Waals surface area contributed by atoms with Crippen LogP contribution in [-0.4, -0.2) is 18.3 Å². The molecule has 0 radical (unpaired) electrons. The Morgan fingerprint density at radius 2 is 1.81 bits per heavy atom. The Hall–Kier alpha value is -2.31. The molecule has 0 aliphatic carbocycles. The number of Topliss-reactive ketones (excluding diaryl/α,β-unsaturated/α-hetero) is 1. The van der Waals surface area contributed by atoms with Crippen LogP contribution in [0, 0.1) is 0 Å². The van der Waals surface area contributed by atoms with Gasteiger partial charge in [0.25, 0.3) is 5.91 Å². The number of ether oxygens (including phenoxy) is 1. The largest absolute Gasteiger partial charge is 0.501 e. The van der Waals surface area contributed by atoms with E-state index in [1.807, 2.05) is 0 Å². The van der Waals surface area contributed by atoms with Crippen LogP contribution in [0.15, 0.2) is 36.1 Å². The summed E-state index contributed by atoms with van der Waals surface area (Å²) in [5, 5.41) is 2.34. The van der Waals surface area contributed by atoms with Crippen LogP contribution in [0.25, 0.3) is 0 Å². The van der Waals surface area contributed by atoms with E-state index in [2.05, 4.69) is 5.32 Å². The molecule has 21 heavy (non-hydrogen) atoms. The van der Waals surface area contributed by atoms with Crippen molar-refractivity contribution in [1.29, 1.82) is 0 Å². The molecule has 4 nitrogen and oxygen atoms in total. The number of amides is 1. The number of anilines is 1. The molecule has 0 unspecified atom stereocenters. The molecule has 1 rings (SSSR count). The van der Waals surface area contributed by atoms with E-state index in [9.17, 15) is 22.8 Å². The van der Waals surface area contributed by atoms with Crippen molar-refractivity contribution in [3.8, 4) is 0 Å². The smallest absolute Gasteiger partial charge is 0.416 e. The topological polar surface area (TPSA) is 55.4 Å². The minimum atomic E-state index is -4.44. The van der Waals surface area contributed by atoms with Crippen molar-refractivity contribution in [3.63, 3.8) is 0 Å². The lowest BCUT2D eigenvalue weighted by Crippen LogP contribution is -2.19. The maximum atomic E-state index is 12.4. The summed E-state index contributed by atoms with van der Waals surface area (Å²) < 4.78 is 42.1. The molecule has 0 aromatic heterocycles. The zero-order chi connectivity index (χ0) is 16.0. The fourth-order valence-corrected chi connectivity index (χ4v) is 1.40. The number of alkyl halides is 3. The van der Waals surface area contributed by atoms with Gasteiger partial charge in [-0.3, -0.25) is 9.59 Å². The summed E-state index contributed by atoms with van der Waals surface area (Å²) in [7, 11) is 0. The summed E-state index contributed by atoms with van der Waals surface area (Å²) in [5.74, 6) is -1.25. The molecular weight excluding hydrogens is 287 g/mol. The summed E-state index contributed by atoms with van der Waals surface area (Å²) in [6.07, 6.45) is -3.41. The quantitative estimate of drug-likeness (QED) is 0.393. The van der Waals surface area contributed by atoms with Crippen molar-refractivity contribution in [2.45, 2.75) is 20.0 Å². The van der Waals surface area contributed by atoms with Gasteiger partial charge in [0.15, 0.2) is 5.78 Å². The number of rotatable bonds is 5. The molecule has 1 aromatic carbocycles. The Labute approximate surface area is 119 Å². The molecule has 0 bridgehead atoms. The van der Waals surface area contributed by atoms with E-state index in [0.29, 0.717) is 0 Å². The molecule has 0 saturated heterocycles. The van der Waals surface area contributed by atoms with Crippen molar-refractivity contribution in [2.24, 2.45) is 0 Å². The van der Waals surface area contributed by atoms with Crippen molar-refractivity contribution in [3.05, 3.63) is 41.7 Å². The van der Waals surface area contributed by atoms with E-state index in [1.165, 1.54) is 6.92 Å². The van der Waals surface area contributed by atoms with Gasteiger partial charge in [-0.15, -0.1) is 0 Å². The molecule has 0 aliphatic heterocycles. The first-order chi connectivity index (χ1) is 9.75. The van der Waals surface area contributed by atoms with Crippen molar-refractivity contribution in [2.75, 3.05) is 11.9 Å². The zero-order valence-electron chi connectivity index (χ0n) is 11.5. The van der Waals surface area contributed by atoms with E-state index in [1.54, 1.807) is 6.92 Å². The third-order valence-corrected chi connectivity index (χ3v) is 2.46. The third kappa shape index (κ3) is 4.94. The molecule has 0 spiro atoms. The molecule has 1 aromatic rings. The number of ketones is 1. The number of carbonyl (C=O) groups excluding carboxylic acids is 2. The number of hydrogen-bond donors (Lipinski definition) is 1. The predicted molar refractivity (Wildman–Crippen MR) is 70.5 cm³/mol.